The SMILES string of the molecule is Cc1ccc(NC(=O)N2CCC(C)(O)C2)cc1. The molecule has 0 saturated carbocycles. The van der Waals surface area contributed by atoms with Gasteiger partial charge in [-0.3, -0.25) is 0 Å². The number of hydrogen-bond acceptors (Lipinski definition) is 2. The van der Waals surface area contributed by atoms with Crippen LogP contribution in [0.15, 0.2) is 24.3 Å². The Labute approximate surface area is 101 Å². The highest BCUT2D eigenvalue weighted by Gasteiger charge is 2.33. The smallest absolute Gasteiger partial charge is 0.321 e. The average Bonchev–Trinajstić information content (AvgIpc) is 2.62. The number of carbonyl (C=O) groups is 1. The van der Waals surface area contributed by atoms with Gasteiger partial charge >= 0.3 is 6.03 Å². The van der Waals surface area contributed by atoms with Crippen LogP contribution in [-0.2, 0) is 0 Å². The summed E-state index contributed by atoms with van der Waals surface area (Å²) in [5, 5.41) is 12.6. The lowest BCUT2D eigenvalue weighted by Crippen LogP contribution is -2.36. The molecule has 1 aromatic rings. The van der Waals surface area contributed by atoms with Crippen LogP contribution >= 0.6 is 0 Å². The summed E-state index contributed by atoms with van der Waals surface area (Å²) in [6.07, 6.45) is 0.633. The summed E-state index contributed by atoms with van der Waals surface area (Å²) in [4.78, 5) is 13.5. The zero-order valence-electron chi connectivity index (χ0n) is 10.2. The molecule has 4 heteroatoms. The molecule has 1 aliphatic rings. The van der Waals surface area contributed by atoms with E-state index in [1.165, 1.54) is 0 Å². The highest BCUT2D eigenvalue weighted by molar-refractivity contribution is 5.89. The number of nitrogens with zero attached hydrogens (tertiary/aromatic N) is 1. The number of amides is 2. The van der Waals surface area contributed by atoms with Gasteiger partial charge in [0.15, 0.2) is 0 Å². The molecule has 1 saturated heterocycles. The minimum Gasteiger partial charge on any atom is -0.388 e. The van der Waals surface area contributed by atoms with Crippen molar-refractivity contribution in [2.45, 2.75) is 25.9 Å². The second kappa shape index (κ2) is 4.37. The molecule has 0 bridgehead atoms. The van der Waals surface area contributed by atoms with Crippen LogP contribution in [0.1, 0.15) is 18.9 Å². The van der Waals surface area contributed by atoms with Crippen LogP contribution in [0.2, 0.25) is 0 Å². The lowest BCUT2D eigenvalue weighted by atomic mass is 10.1. The fourth-order valence-electron chi connectivity index (χ4n) is 1.96. The van der Waals surface area contributed by atoms with Crippen LogP contribution in [0.5, 0.6) is 0 Å². The van der Waals surface area contributed by atoms with Gasteiger partial charge in [0, 0.05) is 12.2 Å². The zero-order valence-corrected chi connectivity index (χ0v) is 10.2. The van der Waals surface area contributed by atoms with Crippen molar-refractivity contribution in [3.05, 3.63) is 29.8 Å². The maximum atomic E-state index is 11.9. The number of likely N-dealkylation sites (tertiary alicyclic amines) is 1. The lowest BCUT2D eigenvalue weighted by molar-refractivity contribution is 0.0727. The number of hydrogen-bond donors (Lipinski definition) is 2. The van der Waals surface area contributed by atoms with E-state index in [1.54, 1.807) is 11.8 Å². The van der Waals surface area contributed by atoms with Crippen molar-refractivity contribution < 1.29 is 9.90 Å². The molecule has 0 aliphatic carbocycles. The molecule has 0 radical (unpaired) electrons. The molecule has 2 N–H and O–H groups in total. The molecule has 4 nitrogen and oxygen atoms in total. The molecule has 1 atom stereocenters. The summed E-state index contributed by atoms with van der Waals surface area (Å²) in [7, 11) is 0. The number of nitrogens with one attached hydrogen (secondary N) is 1. The van der Waals surface area contributed by atoms with Gasteiger partial charge in [0.1, 0.15) is 0 Å². The van der Waals surface area contributed by atoms with E-state index in [0.29, 0.717) is 19.5 Å². The molecule has 1 aliphatic heterocycles. The summed E-state index contributed by atoms with van der Waals surface area (Å²) in [6.45, 7) is 4.75. The molecule has 2 rings (SSSR count). The van der Waals surface area contributed by atoms with Crippen molar-refractivity contribution in [3.8, 4) is 0 Å². The summed E-state index contributed by atoms with van der Waals surface area (Å²) >= 11 is 0. The van der Waals surface area contributed by atoms with Crippen LogP contribution in [-0.4, -0.2) is 34.7 Å². The zero-order chi connectivity index (χ0) is 12.5. The van der Waals surface area contributed by atoms with E-state index in [2.05, 4.69) is 5.32 Å². The van der Waals surface area contributed by atoms with E-state index in [9.17, 15) is 9.90 Å². The van der Waals surface area contributed by atoms with Gasteiger partial charge < -0.3 is 15.3 Å². The van der Waals surface area contributed by atoms with Gasteiger partial charge in [-0.15, -0.1) is 0 Å². The largest absolute Gasteiger partial charge is 0.388 e. The first kappa shape index (κ1) is 11.9. The number of urea groups is 1. The van der Waals surface area contributed by atoms with Crippen molar-refractivity contribution in [3.63, 3.8) is 0 Å². The highest BCUT2D eigenvalue weighted by atomic mass is 16.3. The second-order valence-corrected chi connectivity index (χ2v) is 4.96. The molecular formula is C13H18N2O2. The minimum absolute atomic E-state index is 0.147. The van der Waals surface area contributed by atoms with Gasteiger partial charge in [0.25, 0.3) is 0 Å². The van der Waals surface area contributed by atoms with Crippen LogP contribution in [0, 0.1) is 6.92 Å². The van der Waals surface area contributed by atoms with E-state index < -0.39 is 5.60 Å². The lowest BCUT2D eigenvalue weighted by Gasteiger charge is -2.19. The molecule has 0 aromatic heterocycles. The van der Waals surface area contributed by atoms with Gasteiger partial charge in [-0.25, -0.2) is 4.79 Å². The van der Waals surface area contributed by atoms with Crippen LogP contribution in [0.3, 0.4) is 0 Å². The Kier molecular flexibility index (Phi) is 3.07. The Morgan fingerprint density at radius 2 is 2.06 bits per heavy atom. The fraction of sp³-hybridized carbons (Fsp3) is 0.462. The summed E-state index contributed by atoms with van der Waals surface area (Å²) < 4.78 is 0. The van der Waals surface area contributed by atoms with Gasteiger partial charge in [0.2, 0.25) is 0 Å². The number of carbonyl (C=O) groups excluding carboxylic acids is 1. The van der Waals surface area contributed by atoms with Gasteiger partial charge in [0.05, 0.1) is 12.1 Å². The van der Waals surface area contributed by atoms with E-state index >= 15 is 0 Å². The summed E-state index contributed by atoms with van der Waals surface area (Å²) in [6, 6.07) is 7.51. The highest BCUT2D eigenvalue weighted by Crippen LogP contribution is 2.21. The first-order valence-electron chi connectivity index (χ1n) is 5.81. The van der Waals surface area contributed by atoms with E-state index in [-0.39, 0.29) is 6.03 Å². The Morgan fingerprint density at radius 3 is 2.59 bits per heavy atom. The summed E-state index contributed by atoms with van der Waals surface area (Å²) in [5.41, 5.74) is 1.20. The summed E-state index contributed by atoms with van der Waals surface area (Å²) in [5.74, 6) is 0. The van der Waals surface area contributed by atoms with Gasteiger partial charge in [-0.1, -0.05) is 17.7 Å². The third kappa shape index (κ3) is 2.97. The molecular weight excluding hydrogens is 216 g/mol. The van der Waals surface area contributed by atoms with E-state index in [0.717, 1.165) is 11.3 Å². The van der Waals surface area contributed by atoms with E-state index in [4.69, 9.17) is 0 Å². The maximum absolute atomic E-state index is 11.9. The molecule has 1 fully saturated rings. The number of anilines is 1. The topological polar surface area (TPSA) is 52.6 Å². The van der Waals surface area contributed by atoms with Gasteiger partial charge in [-0.05, 0) is 32.4 Å². The Bertz CT molecular complexity index is 412. The van der Waals surface area contributed by atoms with Crippen molar-refractivity contribution in [2.75, 3.05) is 18.4 Å². The second-order valence-electron chi connectivity index (χ2n) is 4.96. The number of aliphatic hydroxyl groups is 1. The molecule has 1 heterocycles. The Balaban J connectivity index is 1.96. The van der Waals surface area contributed by atoms with Crippen LogP contribution < -0.4 is 5.32 Å². The first-order chi connectivity index (χ1) is 7.96. The Hall–Kier alpha value is -1.55. The third-order valence-electron chi connectivity index (χ3n) is 3.04. The maximum Gasteiger partial charge on any atom is 0.321 e. The van der Waals surface area contributed by atoms with Crippen molar-refractivity contribution in [1.82, 2.24) is 4.90 Å². The average molecular weight is 234 g/mol. The third-order valence-corrected chi connectivity index (χ3v) is 3.04. The van der Waals surface area contributed by atoms with Crippen molar-refractivity contribution in [1.29, 1.82) is 0 Å². The number of aryl methyl sites for hydroxylation is 1. The number of rotatable bonds is 1. The standard InChI is InChI=1S/C13H18N2O2/c1-10-3-5-11(6-4-10)14-12(16)15-8-7-13(2,17)9-15/h3-6,17H,7-9H2,1-2H3,(H,14,16). The number of β-amino-alcohol motifs (C(OH)–C–C–N with tert-alkyl or cyclic N) is 1. The van der Waals surface area contributed by atoms with Crippen LogP contribution in [0.4, 0.5) is 10.5 Å². The molecule has 1 unspecified atom stereocenters. The predicted octanol–water partition coefficient (Wildman–Crippen LogP) is 1.98. The van der Waals surface area contributed by atoms with Crippen molar-refractivity contribution >= 4 is 11.7 Å². The first-order valence-corrected chi connectivity index (χ1v) is 5.81. The predicted molar refractivity (Wildman–Crippen MR) is 67.0 cm³/mol. The monoisotopic (exact) mass is 234 g/mol. The number of benzene rings is 1. The molecule has 0 spiro atoms. The van der Waals surface area contributed by atoms with Gasteiger partial charge in [-0.2, -0.15) is 0 Å². The normalized spacial score (nSPS) is 23.8. The quantitative estimate of drug-likeness (QED) is 0.780. The molecule has 17 heavy (non-hydrogen) atoms. The minimum atomic E-state index is -0.745. The van der Waals surface area contributed by atoms with E-state index in [1.807, 2.05) is 31.2 Å². The Morgan fingerprint density at radius 1 is 1.41 bits per heavy atom. The molecule has 92 valence electrons. The fourth-order valence-corrected chi connectivity index (χ4v) is 1.96. The molecule has 1 aromatic carbocycles. The van der Waals surface area contributed by atoms with Crippen LogP contribution in [0.25, 0.3) is 0 Å². The van der Waals surface area contributed by atoms with Crippen molar-refractivity contribution in [2.24, 2.45) is 0 Å². The molecule has 2 amide bonds.